The van der Waals surface area contributed by atoms with Crippen molar-refractivity contribution in [1.82, 2.24) is 4.98 Å². The van der Waals surface area contributed by atoms with Gasteiger partial charge in [-0.15, -0.1) is 23.1 Å². The summed E-state index contributed by atoms with van der Waals surface area (Å²) in [6.07, 6.45) is 0. The van der Waals surface area contributed by atoms with Gasteiger partial charge in [0.1, 0.15) is 0 Å². The summed E-state index contributed by atoms with van der Waals surface area (Å²) in [7, 11) is 0. The summed E-state index contributed by atoms with van der Waals surface area (Å²) in [5.41, 5.74) is 1.61. The molecule has 1 heterocycles. The summed E-state index contributed by atoms with van der Waals surface area (Å²) in [5.74, 6) is 0.147. The number of aryl methyl sites for hydroxylation is 1. The number of rotatable bonds is 6. The molecule has 8 heteroatoms. The summed E-state index contributed by atoms with van der Waals surface area (Å²) in [6.45, 7) is 1.87. The van der Waals surface area contributed by atoms with Crippen molar-refractivity contribution in [1.29, 1.82) is 0 Å². The van der Waals surface area contributed by atoms with Crippen molar-refractivity contribution in [3.8, 4) is 0 Å². The minimum absolute atomic E-state index is 0.134. The second kappa shape index (κ2) is 8.30. The van der Waals surface area contributed by atoms with E-state index in [0.717, 1.165) is 15.9 Å². The fraction of sp³-hybridized carbons (Fsp3) is 0.214. The molecule has 0 aliphatic carbocycles. The Morgan fingerprint density at radius 2 is 1.82 bits per heavy atom. The molecule has 1 aromatic heterocycles. The Morgan fingerprint density at radius 1 is 1.18 bits per heavy atom. The molecule has 2 amide bonds. The maximum atomic E-state index is 11.8. The predicted octanol–water partition coefficient (Wildman–Crippen LogP) is 3.52. The molecule has 116 valence electrons. The van der Waals surface area contributed by atoms with E-state index >= 15 is 0 Å². The third-order valence-electron chi connectivity index (χ3n) is 2.46. The van der Waals surface area contributed by atoms with E-state index in [1.54, 1.807) is 0 Å². The predicted molar refractivity (Wildman–Crippen MR) is 95.6 cm³/mol. The van der Waals surface area contributed by atoms with Gasteiger partial charge in [-0.05, 0) is 31.2 Å². The van der Waals surface area contributed by atoms with E-state index in [9.17, 15) is 9.59 Å². The molecular formula is C14H14BrN3O2S2. The molecule has 0 aliphatic heterocycles. The Balaban J connectivity index is 1.68. The fourth-order valence-corrected chi connectivity index (χ4v) is 3.12. The second-order valence-electron chi connectivity index (χ2n) is 4.39. The van der Waals surface area contributed by atoms with Gasteiger partial charge in [-0.2, -0.15) is 0 Å². The molecule has 1 aromatic carbocycles. The highest BCUT2D eigenvalue weighted by molar-refractivity contribution is 9.10. The smallest absolute Gasteiger partial charge is 0.236 e. The molecule has 2 rings (SSSR count). The zero-order chi connectivity index (χ0) is 15.9. The maximum absolute atomic E-state index is 11.8. The number of nitrogens with zero attached hydrogens (tertiary/aromatic N) is 1. The third kappa shape index (κ3) is 5.78. The van der Waals surface area contributed by atoms with Crippen molar-refractivity contribution in [2.45, 2.75) is 6.92 Å². The zero-order valence-electron chi connectivity index (χ0n) is 11.8. The highest BCUT2D eigenvalue weighted by Crippen LogP contribution is 2.16. The number of anilines is 2. The number of carbonyl (C=O) groups is 2. The number of hydrogen-bond acceptors (Lipinski definition) is 5. The minimum atomic E-state index is -0.157. The molecule has 0 aliphatic rings. The Bertz CT molecular complexity index is 658. The number of aromatic nitrogens is 1. The van der Waals surface area contributed by atoms with Gasteiger partial charge < -0.3 is 10.6 Å². The van der Waals surface area contributed by atoms with Gasteiger partial charge >= 0.3 is 0 Å². The van der Waals surface area contributed by atoms with E-state index in [1.807, 2.05) is 36.6 Å². The van der Waals surface area contributed by atoms with Crippen LogP contribution in [-0.2, 0) is 9.59 Å². The molecule has 22 heavy (non-hydrogen) atoms. The normalized spacial score (nSPS) is 10.3. The van der Waals surface area contributed by atoms with E-state index in [-0.39, 0.29) is 23.3 Å². The molecule has 0 atom stereocenters. The lowest BCUT2D eigenvalue weighted by molar-refractivity contribution is -0.114. The first-order valence-electron chi connectivity index (χ1n) is 6.38. The van der Waals surface area contributed by atoms with Crippen LogP contribution in [0, 0.1) is 6.92 Å². The first-order chi connectivity index (χ1) is 10.5. The number of carbonyl (C=O) groups excluding carboxylic acids is 2. The summed E-state index contributed by atoms with van der Waals surface area (Å²) >= 11 is 5.98. The first-order valence-corrected chi connectivity index (χ1v) is 9.21. The first kappa shape index (κ1) is 17.0. The topological polar surface area (TPSA) is 71.1 Å². The van der Waals surface area contributed by atoms with Crippen molar-refractivity contribution in [2.75, 3.05) is 22.1 Å². The molecule has 2 aromatic rings. The monoisotopic (exact) mass is 399 g/mol. The standard InChI is InChI=1S/C14H14BrN3O2S2/c1-9-6-22-14(16-9)18-13(20)8-21-7-12(19)17-11-4-2-10(15)3-5-11/h2-6H,7-8H2,1H3,(H,17,19)(H,16,18,20). The number of thioether (sulfide) groups is 1. The molecule has 0 fully saturated rings. The minimum Gasteiger partial charge on any atom is -0.325 e. The van der Waals surface area contributed by atoms with Crippen LogP contribution >= 0.6 is 39.0 Å². The molecule has 0 unspecified atom stereocenters. The Morgan fingerprint density at radius 3 is 2.41 bits per heavy atom. The molecule has 0 radical (unpaired) electrons. The van der Waals surface area contributed by atoms with E-state index in [0.29, 0.717) is 5.13 Å². The zero-order valence-corrected chi connectivity index (χ0v) is 15.0. The van der Waals surface area contributed by atoms with Gasteiger partial charge in [0.25, 0.3) is 0 Å². The molecule has 0 bridgehead atoms. The average Bonchev–Trinajstić information content (AvgIpc) is 2.86. The third-order valence-corrected chi connectivity index (χ3v) is 4.80. The molecule has 0 spiro atoms. The van der Waals surface area contributed by atoms with Crippen molar-refractivity contribution < 1.29 is 9.59 Å². The lowest BCUT2D eigenvalue weighted by Crippen LogP contribution is -2.18. The maximum Gasteiger partial charge on any atom is 0.236 e. The Kier molecular flexibility index (Phi) is 6.41. The van der Waals surface area contributed by atoms with Crippen molar-refractivity contribution in [2.24, 2.45) is 0 Å². The number of amides is 2. The van der Waals surface area contributed by atoms with Crippen molar-refractivity contribution >= 4 is 61.7 Å². The summed E-state index contributed by atoms with van der Waals surface area (Å²) < 4.78 is 0.953. The summed E-state index contributed by atoms with van der Waals surface area (Å²) in [4.78, 5) is 27.6. The number of halogens is 1. The fourth-order valence-electron chi connectivity index (χ4n) is 1.53. The SMILES string of the molecule is Cc1csc(NC(=O)CSCC(=O)Nc2ccc(Br)cc2)n1. The van der Waals surface area contributed by atoms with Gasteiger partial charge in [-0.3, -0.25) is 9.59 Å². The molecule has 2 N–H and O–H groups in total. The largest absolute Gasteiger partial charge is 0.325 e. The number of benzene rings is 1. The van der Waals surface area contributed by atoms with Gasteiger partial charge in [-0.25, -0.2) is 4.98 Å². The summed E-state index contributed by atoms with van der Waals surface area (Å²) in [5, 5.41) is 7.93. The average molecular weight is 400 g/mol. The van der Waals surface area contributed by atoms with Crippen LogP contribution in [-0.4, -0.2) is 28.3 Å². The molecule has 0 saturated carbocycles. The van der Waals surface area contributed by atoms with Crippen molar-refractivity contribution in [3.63, 3.8) is 0 Å². The Labute approximate surface area is 145 Å². The quantitative estimate of drug-likeness (QED) is 0.779. The lowest BCUT2D eigenvalue weighted by atomic mass is 10.3. The van der Waals surface area contributed by atoms with Crippen LogP contribution in [0.4, 0.5) is 10.8 Å². The van der Waals surface area contributed by atoms with Crippen LogP contribution < -0.4 is 10.6 Å². The second-order valence-corrected chi connectivity index (χ2v) is 7.15. The molecule has 5 nitrogen and oxygen atoms in total. The van der Waals surface area contributed by atoms with E-state index in [1.165, 1.54) is 23.1 Å². The number of hydrogen-bond donors (Lipinski definition) is 2. The summed E-state index contributed by atoms with van der Waals surface area (Å²) in [6, 6.07) is 7.33. The van der Waals surface area contributed by atoms with E-state index in [4.69, 9.17) is 0 Å². The highest BCUT2D eigenvalue weighted by Gasteiger charge is 2.08. The van der Waals surface area contributed by atoms with Crippen LogP contribution in [0.2, 0.25) is 0 Å². The van der Waals surface area contributed by atoms with Crippen LogP contribution in [0.1, 0.15) is 5.69 Å². The molecule has 0 saturated heterocycles. The Hall–Kier alpha value is -1.38. The van der Waals surface area contributed by atoms with E-state index in [2.05, 4.69) is 31.5 Å². The van der Waals surface area contributed by atoms with Gasteiger partial charge in [0.05, 0.1) is 17.2 Å². The lowest BCUT2D eigenvalue weighted by Gasteiger charge is -2.05. The number of thiazole rings is 1. The molecular weight excluding hydrogens is 386 g/mol. The van der Waals surface area contributed by atoms with Gasteiger partial charge in [0.2, 0.25) is 11.8 Å². The van der Waals surface area contributed by atoms with Gasteiger partial charge in [0, 0.05) is 15.5 Å². The van der Waals surface area contributed by atoms with Crippen LogP contribution in [0.5, 0.6) is 0 Å². The van der Waals surface area contributed by atoms with Crippen LogP contribution in [0.15, 0.2) is 34.1 Å². The van der Waals surface area contributed by atoms with Gasteiger partial charge in [0.15, 0.2) is 5.13 Å². The number of nitrogens with one attached hydrogen (secondary N) is 2. The van der Waals surface area contributed by atoms with E-state index < -0.39 is 0 Å². The van der Waals surface area contributed by atoms with Crippen LogP contribution in [0.25, 0.3) is 0 Å². The van der Waals surface area contributed by atoms with Crippen molar-refractivity contribution in [3.05, 3.63) is 39.8 Å². The highest BCUT2D eigenvalue weighted by atomic mass is 79.9. The van der Waals surface area contributed by atoms with Gasteiger partial charge in [-0.1, -0.05) is 15.9 Å². The van der Waals surface area contributed by atoms with Crippen LogP contribution in [0.3, 0.4) is 0 Å².